The van der Waals surface area contributed by atoms with E-state index in [2.05, 4.69) is 21.6 Å². The van der Waals surface area contributed by atoms with Crippen molar-refractivity contribution in [3.05, 3.63) is 83.1 Å². The molecule has 156 valence electrons. The fourth-order valence-corrected chi connectivity index (χ4v) is 4.72. The van der Waals surface area contributed by atoms with Gasteiger partial charge in [-0.3, -0.25) is 4.79 Å². The largest absolute Gasteiger partial charge is 0.321 e. The Morgan fingerprint density at radius 1 is 1.17 bits per heavy atom. The summed E-state index contributed by atoms with van der Waals surface area (Å²) in [6.07, 6.45) is 1.47. The summed E-state index contributed by atoms with van der Waals surface area (Å²) in [5.41, 5.74) is 2.44. The van der Waals surface area contributed by atoms with Gasteiger partial charge in [0.25, 0.3) is 5.91 Å². The molecule has 0 aliphatic carbocycles. The van der Waals surface area contributed by atoms with Crippen LogP contribution in [0.15, 0.2) is 61.2 Å². The first-order chi connectivity index (χ1) is 14.3. The summed E-state index contributed by atoms with van der Waals surface area (Å²) in [7, 11) is -3.45. The van der Waals surface area contributed by atoms with Crippen LogP contribution < -0.4 is 10.0 Å². The van der Waals surface area contributed by atoms with Crippen molar-refractivity contribution < 1.29 is 17.6 Å². The first-order valence-electron chi connectivity index (χ1n) is 8.99. The van der Waals surface area contributed by atoms with Gasteiger partial charge in [-0.1, -0.05) is 18.2 Å². The van der Waals surface area contributed by atoms with Crippen molar-refractivity contribution >= 4 is 33.0 Å². The summed E-state index contributed by atoms with van der Waals surface area (Å²) in [6.45, 7) is 5.39. The number of carbonyl (C=O) groups is 1. The molecule has 1 amide bonds. The Hall–Kier alpha value is -2.88. The van der Waals surface area contributed by atoms with E-state index >= 15 is 0 Å². The number of anilines is 1. The number of aryl methyl sites for hydroxylation is 1. The second-order valence-corrected chi connectivity index (χ2v) is 9.29. The second kappa shape index (κ2) is 9.29. The molecule has 1 heterocycles. The molecule has 0 radical (unpaired) electrons. The Labute approximate surface area is 178 Å². The number of carbonyl (C=O) groups excluding carboxylic acids is 1. The van der Waals surface area contributed by atoms with E-state index in [1.54, 1.807) is 43.3 Å². The summed E-state index contributed by atoms with van der Waals surface area (Å²) in [5.74, 6) is -0.812. The van der Waals surface area contributed by atoms with Crippen LogP contribution in [0.3, 0.4) is 0 Å². The van der Waals surface area contributed by atoms with Crippen LogP contribution in [-0.4, -0.2) is 25.9 Å². The third kappa shape index (κ3) is 5.59. The van der Waals surface area contributed by atoms with Crippen LogP contribution in [0.2, 0.25) is 0 Å². The monoisotopic (exact) mass is 445 g/mol. The zero-order valence-corrected chi connectivity index (χ0v) is 17.8. The third-order valence-corrected chi connectivity index (χ3v) is 6.64. The van der Waals surface area contributed by atoms with E-state index in [4.69, 9.17) is 0 Å². The summed E-state index contributed by atoms with van der Waals surface area (Å²) >= 11 is 1.22. The number of sulfonamides is 1. The molecule has 9 heteroatoms. The molecule has 3 rings (SSSR count). The number of hydrogen-bond acceptors (Lipinski definition) is 5. The topological polar surface area (TPSA) is 88.2 Å². The molecule has 6 nitrogen and oxygen atoms in total. The highest BCUT2D eigenvalue weighted by Crippen LogP contribution is 2.28. The number of rotatable bonds is 8. The number of nitrogens with zero attached hydrogens (tertiary/aromatic N) is 1. The molecule has 0 saturated heterocycles. The number of hydrogen-bond donors (Lipinski definition) is 2. The summed E-state index contributed by atoms with van der Waals surface area (Å²) in [6, 6.07) is 12.5. The van der Waals surface area contributed by atoms with Crippen molar-refractivity contribution in [3.8, 4) is 10.6 Å². The molecule has 2 aromatic carbocycles. The van der Waals surface area contributed by atoms with Crippen LogP contribution in [0.4, 0.5) is 10.1 Å². The van der Waals surface area contributed by atoms with E-state index in [-0.39, 0.29) is 24.0 Å². The van der Waals surface area contributed by atoms with E-state index in [0.717, 1.165) is 5.56 Å². The van der Waals surface area contributed by atoms with Gasteiger partial charge in [0, 0.05) is 17.8 Å². The maximum atomic E-state index is 13.1. The lowest BCUT2D eigenvalue weighted by molar-refractivity contribution is 0.103. The molecule has 0 bridgehead atoms. The van der Waals surface area contributed by atoms with Gasteiger partial charge in [0.05, 0.1) is 11.4 Å². The lowest BCUT2D eigenvalue weighted by Gasteiger charge is -2.07. The van der Waals surface area contributed by atoms with Crippen LogP contribution in [0.25, 0.3) is 10.6 Å². The minimum atomic E-state index is -3.45. The molecule has 30 heavy (non-hydrogen) atoms. The fourth-order valence-electron chi connectivity index (χ4n) is 2.65. The van der Waals surface area contributed by atoms with E-state index in [1.807, 2.05) is 0 Å². The van der Waals surface area contributed by atoms with Crippen LogP contribution in [0.5, 0.6) is 0 Å². The second-order valence-electron chi connectivity index (χ2n) is 6.49. The van der Waals surface area contributed by atoms with Gasteiger partial charge in [0.1, 0.15) is 15.7 Å². The van der Waals surface area contributed by atoms with E-state index in [9.17, 15) is 17.6 Å². The fraction of sp³-hybridized carbons (Fsp3) is 0.143. The average molecular weight is 446 g/mol. The average Bonchev–Trinajstić information content (AvgIpc) is 3.10. The number of thiazole rings is 1. The molecule has 0 saturated carbocycles. The van der Waals surface area contributed by atoms with Gasteiger partial charge < -0.3 is 5.32 Å². The van der Waals surface area contributed by atoms with Crippen molar-refractivity contribution in [1.29, 1.82) is 0 Å². The van der Waals surface area contributed by atoms with Gasteiger partial charge in [0.15, 0.2) is 0 Å². The van der Waals surface area contributed by atoms with Crippen molar-refractivity contribution in [2.45, 2.75) is 12.7 Å². The summed E-state index contributed by atoms with van der Waals surface area (Å²) in [4.78, 5) is 17.5. The standard InChI is InChI=1S/C21H20FN3O3S2/c1-3-12-23-30(27,28)13-15-4-10-18(11-5-15)25-20(26)19-14(2)24-21(29-19)16-6-8-17(22)9-7-16/h3-11,23H,1,12-13H2,2H3,(H,25,26). The molecule has 0 atom stereocenters. The molecule has 2 N–H and O–H groups in total. The van der Waals surface area contributed by atoms with E-state index in [1.165, 1.54) is 29.5 Å². The first-order valence-corrected chi connectivity index (χ1v) is 11.5. The summed E-state index contributed by atoms with van der Waals surface area (Å²) < 4.78 is 39.4. The molecule has 0 fully saturated rings. The molecular weight excluding hydrogens is 425 g/mol. The number of benzene rings is 2. The molecule has 1 aromatic heterocycles. The molecule has 3 aromatic rings. The quantitative estimate of drug-likeness (QED) is 0.511. The smallest absolute Gasteiger partial charge is 0.267 e. The Morgan fingerprint density at radius 2 is 1.83 bits per heavy atom. The van der Waals surface area contributed by atoms with Crippen molar-refractivity contribution in [2.75, 3.05) is 11.9 Å². The molecule has 0 aliphatic rings. The highest BCUT2D eigenvalue weighted by molar-refractivity contribution is 7.88. The number of aromatic nitrogens is 1. The SMILES string of the molecule is C=CCNS(=O)(=O)Cc1ccc(NC(=O)c2sc(-c3ccc(F)cc3)nc2C)cc1. The Balaban J connectivity index is 1.69. The molecule has 0 aliphatic heterocycles. The third-order valence-electron chi connectivity index (χ3n) is 4.11. The van der Waals surface area contributed by atoms with Crippen molar-refractivity contribution in [3.63, 3.8) is 0 Å². The minimum Gasteiger partial charge on any atom is -0.321 e. The maximum Gasteiger partial charge on any atom is 0.267 e. The predicted molar refractivity (Wildman–Crippen MR) is 117 cm³/mol. The lowest BCUT2D eigenvalue weighted by atomic mass is 10.2. The summed E-state index contributed by atoms with van der Waals surface area (Å²) in [5, 5.41) is 3.42. The Kier molecular flexibility index (Phi) is 6.76. The molecular formula is C21H20FN3O3S2. The zero-order valence-electron chi connectivity index (χ0n) is 16.2. The van der Waals surface area contributed by atoms with Gasteiger partial charge in [-0.25, -0.2) is 22.5 Å². The predicted octanol–water partition coefficient (Wildman–Crippen LogP) is 4.12. The van der Waals surface area contributed by atoms with E-state index in [0.29, 0.717) is 26.8 Å². The number of nitrogens with one attached hydrogen (secondary N) is 2. The normalized spacial score (nSPS) is 11.3. The van der Waals surface area contributed by atoms with Crippen LogP contribution in [-0.2, 0) is 15.8 Å². The van der Waals surface area contributed by atoms with Gasteiger partial charge in [-0.15, -0.1) is 17.9 Å². The highest BCUT2D eigenvalue weighted by atomic mass is 32.2. The molecule has 0 spiro atoms. The minimum absolute atomic E-state index is 0.163. The van der Waals surface area contributed by atoms with E-state index < -0.39 is 10.0 Å². The van der Waals surface area contributed by atoms with Crippen molar-refractivity contribution in [1.82, 2.24) is 9.71 Å². The number of amides is 1. The number of halogens is 1. The van der Waals surface area contributed by atoms with Gasteiger partial charge in [-0.05, 0) is 48.9 Å². The van der Waals surface area contributed by atoms with Crippen LogP contribution in [0.1, 0.15) is 20.9 Å². The Morgan fingerprint density at radius 3 is 2.47 bits per heavy atom. The van der Waals surface area contributed by atoms with Crippen LogP contribution in [0, 0.1) is 12.7 Å². The highest BCUT2D eigenvalue weighted by Gasteiger charge is 2.17. The molecule has 0 unspecified atom stereocenters. The van der Waals surface area contributed by atoms with Crippen LogP contribution >= 0.6 is 11.3 Å². The first kappa shape index (κ1) is 21.8. The lowest BCUT2D eigenvalue weighted by Crippen LogP contribution is -2.25. The van der Waals surface area contributed by atoms with Gasteiger partial charge in [0.2, 0.25) is 10.0 Å². The zero-order chi connectivity index (χ0) is 21.7. The van der Waals surface area contributed by atoms with Gasteiger partial charge >= 0.3 is 0 Å². The van der Waals surface area contributed by atoms with Gasteiger partial charge in [-0.2, -0.15) is 0 Å². The van der Waals surface area contributed by atoms with Crippen molar-refractivity contribution in [2.24, 2.45) is 0 Å². The Bertz CT molecular complexity index is 1160. The maximum absolute atomic E-state index is 13.1.